The predicted octanol–water partition coefficient (Wildman–Crippen LogP) is 2.70. The Kier molecular flexibility index (Phi) is 5.45. The van der Waals surface area contributed by atoms with Crippen LogP contribution in [0.4, 0.5) is 0 Å². The molecule has 23 heavy (non-hydrogen) atoms. The van der Waals surface area contributed by atoms with Gasteiger partial charge in [-0.3, -0.25) is 0 Å². The fourth-order valence-electron chi connectivity index (χ4n) is 2.68. The highest BCUT2D eigenvalue weighted by molar-refractivity contribution is 7.86. The van der Waals surface area contributed by atoms with Crippen molar-refractivity contribution in [2.24, 2.45) is 0 Å². The van der Waals surface area contributed by atoms with E-state index in [4.69, 9.17) is 23.2 Å². The summed E-state index contributed by atoms with van der Waals surface area (Å²) in [6.45, 7) is 2.42. The third kappa shape index (κ3) is 3.16. The summed E-state index contributed by atoms with van der Waals surface area (Å²) in [7, 11) is -1.77. The molecule has 1 aliphatic rings. The van der Waals surface area contributed by atoms with E-state index in [1.54, 1.807) is 25.2 Å². The summed E-state index contributed by atoms with van der Waals surface area (Å²) in [6.07, 6.45) is 1.46. The first-order valence-corrected chi connectivity index (χ1v) is 9.09. The van der Waals surface area contributed by atoms with Gasteiger partial charge in [-0.25, -0.2) is 8.87 Å². The molecule has 9 heteroatoms. The predicted molar refractivity (Wildman–Crippen MR) is 95.0 cm³/mol. The smallest absolute Gasteiger partial charge is 0.306 e. The molecule has 1 aromatic heterocycles. The Labute approximate surface area is 151 Å². The Morgan fingerprint density at radius 3 is 2.48 bits per heavy atom. The molecule has 0 aliphatic carbocycles. The summed E-state index contributed by atoms with van der Waals surface area (Å²) in [5.41, 5.74) is 0. The molecule has 0 amide bonds. The number of piperazine rings is 1. The van der Waals surface area contributed by atoms with E-state index in [1.807, 2.05) is 0 Å². The van der Waals surface area contributed by atoms with Gasteiger partial charge in [-0.15, -0.1) is 12.4 Å². The van der Waals surface area contributed by atoms with Crippen LogP contribution < -0.4 is 5.32 Å². The number of quaternary nitrogens is 1. The van der Waals surface area contributed by atoms with Gasteiger partial charge in [0.1, 0.15) is 23.1 Å². The van der Waals surface area contributed by atoms with Gasteiger partial charge in [0.05, 0.1) is 12.1 Å². The summed E-state index contributed by atoms with van der Waals surface area (Å²) in [5.74, 6) is 0. The summed E-state index contributed by atoms with van der Waals surface area (Å²) < 4.78 is 26.0. The first-order chi connectivity index (χ1) is 10.3. The number of aromatic nitrogens is 1. The van der Waals surface area contributed by atoms with Gasteiger partial charge in [-0.1, -0.05) is 29.3 Å². The van der Waals surface area contributed by atoms with Crippen molar-refractivity contribution in [2.75, 3.05) is 33.2 Å². The molecule has 0 spiro atoms. The lowest BCUT2D eigenvalue weighted by atomic mass is 10.2. The van der Waals surface area contributed by atoms with Crippen LogP contribution in [0.25, 0.3) is 10.8 Å². The SMILES string of the molecule is C[N+]1(S(=O)(=O)c2ccc3c(Cl)cnc(Cl)c3c2)CCNCC1.Cl. The Morgan fingerprint density at radius 2 is 1.83 bits per heavy atom. The minimum absolute atomic E-state index is 0. The van der Waals surface area contributed by atoms with Crippen molar-refractivity contribution in [2.45, 2.75) is 4.90 Å². The lowest BCUT2D eigenvalue weighted by Crippen LogP contribution is -2.58. The van der Waals surface area contributed by atoms with Crippen LogP contribution in [-0.4, -0.2) is 50.5 Å². The van der Waals surface area contributed by atoms with Crippen molar-refractivity contribution in [3.8, 4) is 0 Å². The number of rotatable bonds is 2. The fraction of sp³-hybridized carbons (Fsp3) is 0.357. The molecule has 1 aromatic carbocycles. The highest BCUT2D eigenvalue weighted by Crippen LogP contribution is 2.32. The molecule has 2 heterocycles. The minimum atomic E-state index is -3.51. The molecule has 1 fully saturated rings. The third-order valence-corrected chi connectivity index (χ3v) is 7.14. The zero-order valence-electron chi connectivity index (χ0n) is 12.4. The Bertz CT molecular complexity index is 837. The third-order valence-electron chi connectivity index (χ3n) is 4.16. The quantitative estimate of drug-likeness (QED) is 0.625. The van der Waals surface area contributed by atoms with Gasteiger partial charge < -0.3 is 5.32 Å². The number of hydrogen-bond donors (Lipinski definition) is 1. The molecular formula is C14H17Cl3N3O2S+. The molecule has 1 saturated heterocycles. The van der Waals surface area contributed by atoms with Gasteiger partial charge >= 0.3 is 10.0 Å². The molecule has 5 nitrogen and oxygen atoms in total. The van der Waals surface area contributed by atoms with Crippen molar-refractivity contribution in [3.05, 3.63) is 34.6 Å². The standard InChI is InChI=1S/C14H16Cl2N3O2S.ClH/c1-19(6-4-17-5-7-19)22(20,21)10-2-3-11-12(8-10)14(16)18-9-13(11)15;/h2-3,8-9,17H,4-7H2,1H3;1H/q+1;. The largest absolute Gasteiger partial charge is 0.327 e. The monoisotopic (exact) mass is 396 g/mol. The molecular weight excluding hydrogens is 381 g/mol. The van der Waals surface area contributed by atoms with Crippen LogP contribution >= 0.6 is 35.6 Å². The average Bonchev–Trinajstić information content (AvgIpc) is 2.51. The molecule has 3 rings (SSSR count). The second-order valence-electron chi connectivity index (χ2n) is 5.57. The zero-order valence-corrected chi connectivity index (χ0v) is 15.6. The number of halogens is 3. The number of hydrogen-bond acceptors (Lipinski definition) is 4. The Balaban J connectivity index is 0.00000192. The van der Waals surface area contributed by atoms with Gasteiger partial charge in [0.15, 0.2) is 0 Å². The lowest BCUT2D eigenvalue weighted by molar-refractivity contribution is -0.787. The normalized spacial score (nSPS) is 17.7. The Hall–Kier alpha value is -0.630. The number of fused-ring (bicyclic) bond motifs is 1. The van der Waals surface area contributed by atoms with E-state index in [9.17, 15) is 8.42 Å². The molecule has 1 aliphatic heterocycles. The van der Waals surface area contributed by atoms with Gasteiger partial charge in [0.25, 0.3) is 0 Å². The minimum Gasteiger partial charge on any atom is -0.306 e. The molecule has 0 saturated carbocycles. The van der Waals surface area contributed by atoms with E-state index in [0.29, 0.717) is 42.0 Å². The van der Waals surface area contributed by atoms with E-state index >= 15 is 0 Å². The van der Waals surface area contributed by atoms with Crippen molar-refractivity contribution in [1.29, 1.82) is 0 Å². The average molecular weight is 398 g/mol. The van der Waals surface area contributed by atoms with Crippen LogP contribution in [0.1, 0.15) is 0 Å². The van der Waals surface area contributed by atoms with Crippen LogP contribution in [0.3, 0.4) is 0 Å². The molecule has 0 atom stereocenters. The van der Waals surface area contributed by atoms with E-state index in [-0.39, 0.29) is 26.3 Å². The molecule has 0 radical (unpaired) electrons. The van der Waals surface area contributed by atoms with Crippen LogP contribution in [0.5, 0.6) is 0 Å². The number of benzene rings is 1. The maximum absolute atomic E-state index is 13.0. The van der Waals surface area contributed by atoms with E-state index < -0.39 is 10.0 Å². The highest BCUT2D eigenvalue weighted by atomic mass is 35.5. The van der Waals surface area contributed by atoms with Crippen molar-refractivity contribution >= 4 is 56.4 Å². The fourth-order valence-corrected chi connectivity index (χ4v) is 4.78. The second-order valence-corrected chi connectivity index (χ2v) is 8.64. The molecule has 0 bridgehead atoms. The van der Waals surface area contributed by atoms with E-state index in [2.05, 4.69) is 10.3 Å². The van der Waals surface area contributed by atoms with Gasteiger partial charge in [-0.05, 0) is 12.1 Å². The Morgan fingerprint density at radius 1 is 1.17 bits per heavy atom. The molecule has 126 valence electrons. The summed E-state index contributed by atoms with van der Waals surface area (Å²) >= 11 is 12.2. The highest BCUT2D eigenvalue weighted by Gasteiger charge is 2.40. The summed E-state index contributed by atoms with van der Waals surface area (Å²) in [4.78, 5) is 4.23. The van der Waals surface area contributed by atoms with Crippen molar-refractivity contribution in [1.82, 2.24) is 10.3 Å². The van der Waals surface area contributed by atoms with E-state index in [0.717, 1.165) is 0 Å². The van der Waals surface area contributed by atoms with Gasteiger partial charge in [0.2, 0.25) is 0 Å². The van der Waals surface area contributed by atoms with Crippen LogP contribution in [0.2, 0.25) is 10.2 Å². The number of likely N-dealkylation sites (N-methyl/N-ethyl adjacent to an activating group) is 1. The van der Waals surface area contributed by atoms with Crippen molar-refractivity contribution < 1.29 is 12.3 Å². The van der Waals surface area contributed by atoms with Gasteiger partial charge in [0, 0.05) is 30.1 Å². The molecule has 2 aromatic rings. The van der Waals surface area contributed by atoms with Crippen molar-refractivity contribution in [3.63, 3.8) is 0 Å². The topological polar surface area (TPSA) is 59.1 Å². The number of sulfonamides is 1. The first-order valence-electron chi connectivity index (χ1n) is 6.89. The first kappa shape index (κ1) is 18.7. The number of nitrogens with one attached hydrogen (secondary N) is 1. The van der Waals surface area contributed by atoms with Crippen LogP contribution in [-0.2, 0) is 10.0 Å². The number of nitrogens with zero attached hydrogens (tertiary/aromatic N) is 2. The molecule has 0 unspecified atom stereocenters. The van der Waals surface area contributed by atoms with Crippen LogP contribution in [0, 0.1) is 0 Å². The van der Waals surface area contributed by atoms with E-state index in [1.165, 1.54) is 6.20 Å². The maximum Gasteiger partial charge on any atom is 0.327 e. The zero-order chi connectivity index (χ0) is 16.0. The van der Waals surface area contributed by atoms with Crippen LogP contribution in [0.15, 0.2) is 29.3 Å². The molecule has 1 N–H and O–H groups in total. The summed E-state index contributed by atoms with van der Waals surface area (Å²) in [5, 5.41) is 5.13. The van der Waals surface area contributed by atoms with Gasteiger partial charge in [-0.2, -0.15) is 8.42 Å². The maximum atomic E-state index is 13.0. The summed E-state index contributed by atoms with van der Waals surface area (Å²) in [6, 6.07) is 4.84. The number of pyridine rings is 1. The second kappa shape index (κ2) is 6.70. The lowest BCUT2D eigenvalue weighted by Gasteiger charge is -2.36.